The number of allylic oxidation sites excluding steroid dienone is 2. The van der Waals surface area contributed by atoms with Gasteiger partial charge in [-0.2, -0.15) is 0 Å². The normalized spacial score (nSPS) is 33.8. The van der Waals surface area contributed by atoms with Gasteiger partial charge in [0, 0.05) is 26.1 Å². The highest BCUT2D eigenvalue weighted by Crippen LogP contribution is 2.39. The summed E-state index contributed by atoms with van der Waals surface area (Å²) in [6.07, 6.45) is 9.43. The van der Waals surface area contributed by atoms with Crippen LogP contribution in [0.25, 0.3) is 0 Å². The Morgan fingerprint density at radius 1 is 1.40 bits per heavy atom. The number of hydrogen-bond donors (Lipinski definition) is 1. The molecule has 0 unspecified atom stereocenters. The summed E-state index contributed by atoms with van der Waals surface area (Å²) in [5.41, 5.74) is 4.67. The van der Waals surface area contributed by atoms with Crippen LogP contribution >= 0.6 is 0 Å². The zero-order chi connectivity index (χ0) is 10.3. The van der Waals surface area contributed by atoms with E-state index in [0.29, 0.717) is 12.0 Å². The lowest BCUT2D eigenvalue weighted by Crippen LogP contribution is -2.30. The lowest BCUT2D eigenvalue weighted by atomic mass is 9.76. The molecule has 2 nitrogen and oxygen atoms in total. The van der Waals surface area contributed by atoms with Gasteiger partial charge in [0.25, 0.3) is 0 Å². The molecular formula is C13H17NO. The standard InChI is InChI=1S/C13H17NO/c1-15-12-4-2-3-9-5-6-10-7-14-8-11(10)13(9)12/h2-3,5,12-14H,4,6-8H2,1H3/t12-,13-/m1/s1. The highest BCUT2D eigenvalue weighted by Gasteiger charge is 2.34. The van der Waals surface area contributed by atoms with Gasteiger partial charge in [0.2, 0.25) is 0 Å². The molecule has 1 N–H and O–H groups in total. The highest BCUT2D eigenvalue weighted by molar-refractivity contribution is 5.44. The first-order valence-electron chi connectivity index (χ1n) is 5.71. The summed E-state index contributed by atoms with van der Waals surface area (Å²) < 4.78 is 5.61. The molecule has 80 valence electrons. The van der Waals surface area contributed by atoms with Crippen molar-refractivity contribution in [3.63, 3.8) is 0 Å². The minimum atomic E-state index is 0.353. The van der Waals surface area contributed by atoms with Gasteiger partial charge in [0.15, 0.2) is 0 Å². The molecule has 2 atom stereocenters. The molecule has 0 saturated heterocycles. The Balaban J connectivity index is 1.99. The summed E-state index contributed by atoms with van der Waals surface area (Å²) in [6.45, 7) is 2.14. The van der Waals surface area contributed by atoms with E-state index in [1.807, 2.05) is 7.11 Å². The van der Waals surface area contributed by atoms with E-state index in [0.717, 1.165) is 25.9 Å². The molecule has 0 fully saturated rings. The molecule has 0 amide bonds. The predicted molar refractivity (Wildman–Crippen MR) is 60.6 cm³/mol. The summed E-state index contributed by atoms with van der Waals surface area (Å²) in [6, 6.07) is 0. The summed E-state index contributed by atoms with van der Waals surface area (Å²) in [5.74, 6) is 0.527. The maximum atomic E-state index is 5.61. The molecule has 3 rings (SSSR count). The van der Waals surface area contributed by atoms with Gasteiger partial charge in [-0.25, -0.2) is 0 Å². The quantitative estimate of drug-likeness (QED) is 0.656. The van der Waals surface area contributed by atoms with Crippen LogP contribution in [0.4, 0.5) is 0 Å². The third kappa shape index (κ3) is 1.40. The van der Waals surface area contributed by atoms with Crippen molar-refractivity contribution in [1.82, 2.24) is 5.32 Å². The minimum Gasteiger partial charge on any atom is -0.380 e. The molecule has 15 heavy (non-hydrogen) atoms. The zero-order valence-corrected chi connectivity index (χ0v) is 9.12. The van der Waals surface area contributed by atoms with Crippen LogP contribution in [0.1, 0.15) is 12.8 Å². The maximum Gasteiger partial charge on any atom is 0.0712 e. The van der Waals surface area contributed by atoms with E-state index in [1.165, 1.54) is 5.57 Å². The van der Waals surface area contributed by atoms with Crippen molar-refractivity contribution in [3.8, 4) is 0 Å². The first-order chi connectivity index (χ1) is 7.40. The van der Waals surface area contributed by atoms with Crippen LogP contribution in [0, 0.1) is 5.92 Å². The molecular weight excluding hydrogens is 186 g/mol. The number of hydrogen-bond acceptors (Lipinski definition) is 2. The van der Waals surface area contributed by atoms with Crippen LogP contribution in [0.15, 0.2) is 34.9 Å². The SMILES string of the molecule is CO[C@@H]1CC=CC2=CCC3=C(CNC3)[C@@H]21. The fourth-order valence-electron chi connectivity index (χ4n) is 3.01. The van der Waals surface area contributed by atoms with Gasteiger partial charge in [-0.3, -0.25) is 0 Å². The molecule has 0 saturated carbocycles. The molecule has 0 radical (unpaired) electrons. The molecule has 3 aliphatic rings. The smallest absolute Gasteiger partial charge is 0.0712 e. The molecule has 0 aromatic carbocycles. The number of ether oxygens (including phenoxy) is 1. The van der Waals surface area contributed by atoms with Gasteiger partial charge < -0.3 is 10.1 Å². The molecule has 1 heterocycles. The summed E-state index contributed by atoms with van der Waals surface area (Å²) in [5, 5.41) is 3.45. The largest absolute Gasteiger partial charge is 0.380 e. The Labute approximate surface area is 90.7 Å². The summed E-state index contributed by atoms with van der Waals surface area (Å²) in [4.78, 5) is 0. The van der Waals surface area contributed by atoms with Crippen molar-refractivity contribution in [2.24, 2.45) is 5.92 Å². The average molecular weight is 203 g/mol. The van der Waals surface area contributed by atoms with E-state index in [1.54, 1.807) is 11.1 Å². The zero-order valence-electron chi connectivity index (χ0n) is 9.12. The van der Waals surface area contributed by atoms with E-state index in [9.17, 15) is 0 Å². The van der Waals surface area contributed by atoms with Crippen LogP contribution in [0.5, 0.6) is 0 Å². The van der Waals surface area contributed by atoms with Crippen molar-refractivity contribution < 1.29 is 4.74 Å². The minimum absolute atomic E-state index is 0.353. The number of methoxy groups -OCH3 is 1. The van der Waals surface area contributed by atoms with Crippen molar-refractivity contribution in [1.29, 1.82) is 0 Å². The number of nitrogens with one attached hydrogen (secondary N) is 1. The second-order valence-corrected chi connectivity index (χ2v) is 4.53. The average Bonchev–Trinajstić information content (AvgIpc) is 2.76. The highest BCUT2D eigenvalue weighted by atomic mass is 16.5. The second-order valence-electron chi connectivity index (χ2n) is 4.53. The fourth-order valence-corrected chi connectivity index (χ4v) is 3.01. The van der Waals surface area contributed by atoms with Gasteiger partial charge >= 0.3 is 0 Å². The van der Waals surface area contributed by atoms with E-state index in [4.69, 9.17) is 4.74 Å². The number of rotatable bonds is 1. The van der Waals surface area contributed by atoms with Crippen molar-refractivity contribution in [2.75, 3.05) is 20.2 Å². The van der Waals surface area contributed by atoms with E-state index in [-0.39, 0.29) is 0 Å². The Bertz CT molecular complexity index is 365. The van der Waals surface area contributed by atoms with Crippen LogP contribution < -0.4 is 5.32 Å². The monoisotopic (exact) mass is 203 g/mol. The Morgan fingerprint density at radius 3 is 3.20 bits per heavy atom. The molecule has 2 aliphatic carbocycles. The summed E-state index contributed by atoms with van der Waals surface area (Å²) >= 11 is 0. The van der Waals surface area contributed by atoms with Gasteiger partial charge in [-0.05, 0) is 24.0 Å². The van der Waals surface area contributed by atoms with Gasteiger partial charge in [0.1, 0.15) is 0 Å². The molecule has 1 aliphatic heterocycles. The Morgan fingerprint density at radius 2 is 2.33 bits per heavy atom. The van der Waals surface area contributed by atoms with E-state index < -0.39 is 0 Å². The second kappa shape index (κ2) is 3.62. The van der Waals surface area contributed by atoms with Gasteiger partial charge in [-0.15, -0.1) is 0 Å². The van der Waals surface area contributed by atoms with Crippen LogP contribution in [0.3, 0.4) is 0 Å². The predicted octanol–water partition coefficient (Wildman–Crippen LogP) is 1.81. The van der Waals surface area contributed by atoms with Crippen molar-refractivity contribution in [3.05, 3.63) is 34.9 Å². The third-order valence-corrected chi connectivity index (χ3v) is 3.78. The lowest BCUT2D eigenvalue weighted by Gasteiger charge is -2.33. The van der Waals surface area contributed by atoms with Crippen LogP contribution in [0.2, 0.25) is 0 Å². The molecule has 0 bridgehead atoms. The Kier molecular flexibility index (Phi) is 2.26. The molecule has 0 spiro atoms. The first-order valence-corrected chi connectivity index (χ1v) is 5.71. The van der Waals surface area contributed by atoms with Gasteiger partial charge in [0.05, 0.1) is 6.10 Å². The van der Waals surface area contributed by atoms with Crippen molar-refractivity contribution >= 4 is 0 Å². The van der Waals surface area contributed by atoms with Gasteiger partial charge in [-0.1, -0.05) is 23.8 Å². The van der Waals surface area contributed by atoms with Crippen molar-refractivity contribution in [2.45, 2.75) is 18.9 Å². The first kappa shape index (κ1) is 9.37. The molecule has 0 aromatic rings. The maximum absolute atomic E-state index is 5.61. The molecule has 0 aromatic heterocycles. The molecule has 2 heteroatoms. The summed E-state index contributed by atoms with van der Waals surface area (Å²) in [7, 11) is 1.83. The third-order valence-electron chi connectivity index (χ3n) is 3.78. The number of fused-ring (bicyclic) bond motifs is 2. The van der Waals surface area contributed by atoms with E-state index in [2.05, 4.69) is 23.5 Å². The van der Waals surface area contributed by atoms with E-state index >= 15 is 0 Å². The topological polar surface area (TPSA) is 21.3 Å². The Hall–Kier alpha value is -0.860. The van der Waals surface area contributed by atoms with Crippen LogP contribution in [-0.2, 0) is 4.74 Å². The van der Waals surface area contributed by atoms with Crippen LogP contribution in [-0.4, -0.2) is 26.3 Å². The fraction of sp³-hybridized carbons (Fsp3) is 0.538. The lowest BCUT2D eigenvalue weighted by molar-refractivity contribution is 0.0757.